The average Bonchev–Trinajstić information content (AvgIpc) is 1.35. The highest BCUT2D eigenvalue weighted by molar-refractivity contribution is 5.78. The number of rotatable bonds is 2. The molecule has 0 spiro atoms. The predicted octanol–water partition coefficient (Wildman–Crippen LogP) is -0.858. The fourth-order valence-corrected chi connectivity index (χ4v) is 0.190. The monoisotopic (exact) mass is 87.1 g/mol. The first-order chi connectivity index (χ1) is 2.77. The molecule has 0 aliphatic carbocycles. The van der Waals surface area contributed by atoms with Gasteiger partial charge in [-0.3, -0.25) is 5.41 Å². The normalized spacial score (nSPS) is 8.17. The number of nitrogens with two attached hydrogens (primary N) is 1. The molecule has 0 rings (SSSR count). The maximum Gasteiger partial charge on any atom is 0.105 e. The Morgan fingerprint density at radius 1 is 2.00 bits per heavy atom. The zero-order chi connectivity index (χ0) is 4.99. The maximum atomic E-state index is 6.61. The quantitative estimate of drug-likeness (QED) is 0.303. The van der Waals surface area contributed by atoms with Gasteiger partial charge in [-0.05, 0) is 7.05 Å². The first-order valence-corrected chi connectivity index (χ1v) is 1.75. The summed E-state index contributed by atoms with van der Waals surface area (Å²) in [5, 5.41) is 9.33. The Balaban J connectivity index is 2.83. The lowest BCUT2D eigenvalue weighted by Crippen LogP contribution is -2.24. The number of likely N-dealkylation sites (N-methyl/N-ethyl adjacent to an activating group) is 1. The summed E-state index contributed by atoms with van der Waals surface area (Å²) in [5.41, 5.74) is 4.92. The third kappa shape index (κ3) is 3.43. The molecule has 0 atom stereocenters. The van der Waals surface area contributed by atoms with Crippen molar-refractivity contribution in [2.75, 3.05) is 13.6 Å². The lowest BCUT2D eigenvalue weighted by Gasteiger charge is -1.89. The molecule has 3 heteroatoms. The molecule has 6 heavy (non-hydrogen) atoms. The van der Waals surface area contributed by atoms with E-state index in [9.17, 15) is 0 Å². The van der Waals surface area contributed by atoms with Crippen molar-refractivity contribution < 1.29 is 0 Å². The Kier molecular flexibility index (Phi) is 2.40. The minimum atomic E-state index is 0.178. The van der Waals surface area contributed by atoms with Crippen molar-refractivity contribution in [3.05, 3.63) is 0 Å². The highest BCUT2D eigenvalue weighted by Gasteiger charge is 1.77. The first-order valence-electron chi connectivity index (χ1n) is 1.75. The fourth-order valence-electron chi connectivity index (χ4n) is 0.190. The zero-order valence-corrected chi connectivity index (χ0v) is 3.78. The summed E-state index contributed by atoms with van der Waals surface area (Å²) in [4.78, 5) is 0. The fraction of sp³-hybridized carbons (Fsp3) is 0.667. The van der Waals surface area contributed by atoms with E-state index in [-0.39, 0.29) is 5.84 Å². The molecule has 0 saturated heterocycles. The van der Waals surface area contributed by atoms with Gasteiger partial charge in [-0.2, -0.15) is 0 Å². The van der Waals surface area contributed by atoms with Crippen molar-refractivity contribution in [3.63, 3.8) is 0 Å². The van der Waals surface area contributed by atoms with Crippen LogP contribution in [0.1, 0.15) is 0 Å². The topological polar surface area (TPSA) is 61.9 Å². The van der Waals surface area contributed by atoms with E-state index in [2.05, 4.69) is 5.32 Å². The summed E-state index contributed by atoms with van der Waals surface area (Å²) in [7, 11) is 1.75. The van der Waals surface area contributed by atoms with Crippen LogP contribution < -0.4 is 11.1 Å². The van der Waals surface area contributed by atoms with Gasteiger partial charge in [0.15, 0.2) is 0 Å². The van der Waals surface area contributed by atoms with E-state index in [0.717, 1.165) is 0 Å². The van der Waals surface area contributed by atoms with Gasteiger partial charge in [-0.25, -0.2) is 0 Å². The molecule has 0 aromatic carbocycles. The van der Waals surface area contributed by atoms with E-state index in [1.807, 2.05) is 0 Å². The lowest BCUT2D eigenvalue weighted by molar-refractivity contribution is 0.935. The molecule has 0 heterocycles. The summed E-state index contributed by atoms with van der Waals surface area (Å²) >= 11 is 0. The summed E-state index contributed by atoms with van der Waals surface area (Å²) in [5.74, 6) is 0.178. The molecule has 0 fully saturated rings. The largest absolute Gasteiger partial charge is 0.387 e. The van der Waals surface area contributed by atoms with Crippen molar-refractivity contribution in [1.29, 1.82) is 5.41 Å². The highest BCUT2D eigenvalue weighted by atomic mass is 14.9. The van der Waals surface area contributed by atoms with Gasteiger partial charge >= 0.3 is 0 Å². The molecular formula is C3H9N3. The van der Waals surface area contributed by atoms with E-state index in [0.29, 0.717) is 6.54 Å². The molecule has 4 N–H and O–H groups in total. The molecular weight excluding hydrogens is 78.1 g/mol. The third-order valence-corrected chi connectivity index (χ3v) is 0.367. The Morgan fingerprint density at radius 2 is 2.50 bits per heavy atom. The van der Waals surface area contributed by atoms with Crippen LogP contribution in [0.3, 0.4) is 0 Å². The van der Waals surface area contributed by atoms with Crippen molar-refractivity contribution in [2.45, 2.75) is 0 Å². The Morgan fingerprint density at radius 3 is 2.50 bits per heavy atom. The van der Waals surface area contributed by atoms with Crippen molar-refractivity contribution in [3.8, 4) is 0 Å². The average molecular weight is 87.1 g/mol. The Hall–Kier alpha value is -0.570. The number of hydrogen-bond donors (Lipinski definition) is 3. The highest BCUT2D eigenvalue weighted by Crippen LogP contribution is 1.46. The zero-order valence-electron chi connectivity index (χ0n) is 3.78. The number of hydrogen-bond acceptors (Lipinski definition) is 2. The van der Waals surface area contributed by atoms with E-state index >= 15 is 0 Å². The minimum absolute atomic E-state index is 0.178. The molecule has 0 unspecified atom stereocenters. The van der Waals surface area contributed by atoms with Crippen LogP contribution in [0.5, 0.6) is 0 Å². The second-order valence-corrected chi connectivity index (χ2v) is 1.06. The van der Waals surface area contributed by atoms with E-state index in [1.165, 1.54) is 0 Å². The standard InChI is InChI=1S/C3H9N3/c1-6-2-3(4)5/h6H,2H2,1H3,(H3,4,5). The SMILES string of the molecule is CNCC(=N)N. The summed E-state index contributed by atoms with van der Waals surface area (Å²) < 4.78 is 0. The predicted molar refractivity (Wildman–Crippen MR) is 25.8 cm³/mol. The maximum absolute atomic E-state index is 6.61. The third-order valence-electron chi connectivity index (χ3n) is 0.367. The Bertz CT molecular complexity index is 50.0. The van der Waals surface area contributed by atoms with Gasteiger partial charge in [0.25, 0.3) is 0 Å². The van der Waals surface area contributed by atoms with Crippen LogP contribution in [0, 0.1) is 5.41 Å². The molecule has 0 radical (unpaired) electrons. The van der Waals surface area contributed by atoms with E-state index < -0.39 is 0 Å². The van der Waals surface area contributed by atoms with Crippen LogP contribution in [-0.4, -0.2) is 19.4 Å². The molecule has 0 saturated carbocycles. The van der Waals surface area contributed by atoms with Gasteiger partial charge in [-0.1, -0.05) is 0 Å². The van der Waals surface area contributed by atoms with Crippen molar-refractivity contribution in [1.82, 2.24) is 5.32 Å². The molecule has 0 aliphatic rings. The van der Waals surface area contributed by atoms with Crippen LogP contribution in [-0.2, 0) is 0 Å². The molecule has 0 aliphatic heterocycles. The van der Waals surface area contributed by atoms with Gasteiger partial charge < -0.3 is 11.1 Å². The molecule has 3 nitrogen and oxygen atoms in total. The first kappa shape index (κ1) is 5.43. The van der Waals surface area contributed by atoms with Gasteiger partial charge in [0.2, 0.25) is 0 Å². The minimum Gasteiger partial charge on any atom is -0.387 e. The summed E-state index contributed by atoms with van der Waals surface area (Å²) in [6.45, 7) is 0.486. The van der Waals surface area contributed by atoms with Crippen molar-refractivity contribution in [2.24, 2.45) is 5.73 Å². The van der Waals surface area contributed by atoms with Gasteiger partial charge in [-0.15, -0.1) is 0 Å². The van der Waals surface area contributed by atoms with Gasteiger partial charge in [0, 0.05) is 0 Å². The van der Waals surface area contributed by atoms with Crippen LogP contribution in [0.15, 0.2) is 0 Å². The van der Waals surface area contributed by atoms with E-state index in [4.69, 9.17) is 11.1 Å². The Labute approximate surface area is 37.0 Å². The number of amidine groups is 1. The van der Waals surface area contributed by atoms with Gasteiger partial charge in [0.05, 0.1) is 6.54 Å². The van der Waals surface area contributed by atoms with Crippen LogP contribution in [0.2, 0.25) is 0 Å². The van der Waals surface area contributed by atoms with Crippen LogP contribution in [0.4, 0.5) is 0 Å². The van der Waals surface area contributed by atoms with E-state index in [1.54, 1.807) is 7.05 Å². The lowest BCUT2D eigenvalue weighted by atomic mass is 10.6. The van der Waals surface area contributed by atoms with Gasteiger partial charge in [0.1, 0.15) is 5.84 Å². The molecule has 0 aromatic rings. The molecule has 0 bridgehead atoms. The summed E-state index contributed by atoms with van der Waals surface area (Å²) in [6, 6.07) is 0. The summed E-state index contributed by atoms with van der Waals surface area (Å²) in [6.07, 6.45) is 0. The smallest absolute Gasteiger partial charge is 0.105 e. The molecule has 36 valence electrons. The molecule has 0 amide bonds. The molecule has 0 aromatic heterocycles. The second kappa shape index (κ2) is 2.66. The van der Waals surface area contributed by atoms with Crippen LogP contribution in [0.25, 0.3) is 0 Å². The van der Waals surface area contributed by atoms with Crippen LogP contribution >= 0.6 is 0 Å². The second-order valence-electron chi connectivity index (χ2n) is 1.06. The number of nitrogens with one attached hydrogen (secondary N) is 2. The van der Waals surface area contributed by atoms with Crippen molar-refractivity contribution >= 4 is 5.84 Å².